The summed E-state index contributed by atoms with van der Waals surface area (Å²) in [5.74, 6) is 0.742. The highest BCUT2D eigenvalue weighted by Crippen LogP contribution is 2.33. The van der Waals surface area contributed by atoms with Crippen molar-refractivity contribution in [3.05, 3.63) is 42.0 Å². The number of methoxy groups -OCH3 is 1. The first-order chi connectivity index (χ1) is 8.27. The van der Waals surface area contributed by atoms with Gasteiger partial charge in [-0.25, -0.2) is 0 Å². The summed E-state index contributed by atoms with van der Waals surface area (Å²) in [4.78, 5) is 0. The molecule has 94 valence electrons. The van der Waals surface area contributed by atoms with Crippen LogP contribution >= 0.6 is 12.4 Å². The molecule has 1 atom stereocenters. The normalized spacial score (nSPS) is 11.4. The molecular formula is C14H15ClN2O. The Morgan fingerprint density at radius 2 is 2.00 bits per heavy atom. The fraction of sp³-hybridized carbons (Fsp3) is 0.214. The maximum atomic E-state index is 8.76. The van der Waals surface area contributed by atoms with Crippen LogP contribution in [0.5, 0.6) is 5.75 Å². The smallest absolute Gasteiger partial charge is 0.124 e. The van der Waals surface area contributed by atoms with Gasteiger partial charge >= 0.3 is 0 Å². The van der Waals surface area contributed by atoms with Crippen LogP contribution in [0.3, 0.4) is 0 Å². The summed E-state index contributed by atoms with van der Waals surface area (Å²) < 4.78 is 5.33. The molecule has 0 aliphatic rings. The second-order valence-electron chi connectivity index (χ2n) is 3.87. The SMILES string of the molecule is COc1ccc2ccccc2c1[C@H](N)CC#N.Cl. The second kappa shape index (κ2) is 6.25. The standard InChI is InChI=1S/C14H14N2O.ClH/c1-17-13-7-6-10-4-2-3-5-11(10)14(13)12(16)8-9-15;/h2-7,12H,8,16H2,1H3;1H/t12-;/m1./s1. The summed E-state index contributed by atoms with van der Waals surface area (Å²) in [6, 6.07) is 13.7. The Bertz CT molecular complexity index is 578. The summed E-state index contributed by atoms with van der Waals surface area (Å²) in [6.07, 6.45) is 0.282. The molecule has 18 heavy (non-hydrogen) atoms. The lowest BCUT2D eigenvalue weighted by molar-refractivity contribution is 0.407. The van der Waals surface area contributed by atoms with Gasteiger partial charge in [0.2, 0.25) is 0 Å². The van der Waals surface area contributed by atoms with E-state index in [1.54, 1.807) is 7.11 Å². The van der Waals surface area contributed by atoms with Gasteiger partial charge < -0.3 is 10.5 Å². The minimum Gasteiger partial charge on any atom is -0.496 e. The molecule has 3 nitrogen and oxygen atoms in total. The van der Waals surface area contributed by atoms with Gasteiger partial charge in [-0.1, -0.05) is 30.3 Å². The van der Waals surface area contributed by atoms with Crippen molar-refractivity contribution in [2.24, 2.45) is 5.73 Å². The van der Waals surface area contributed by atoms with Gasteiger partial charge in [0, 0.05) is 11.6 Å². The second-order valence-corrected chi connectivity index (χ2v) is 3.87. The van der Waals surface area contributed by atoms with Crippen LogP contribution in [-0.4, -0.2) is 7.11 Å². The minimum atomic E-state index is -0.318. The van der Waals surface area contributed by atoms with Crippen LogP contribution in [0.25, 0.3) is 10.8 Å². The van der Waals surface area contributed by atoms with Crippen LogP contribution in [0.4, 0.5) is 0 Å². The zero-order valence-corrected chi connectivity index (χ0v) is 10.9. The molecule has 4 heteroatoms. The number of ether oxygens (including phenoxy) is 1. The first-order valence-electron chi connectivity index (χ1n) is 5.46. The Hall–Kier alpha value is -1.76. The molecule has 0 saturated carbocycles. The molecule has 0 amide bonds. The quantitative estimate of drug-likeness (QED) is 0.924. The molecule has 2 rings (SSSR count). The Balaban J connectivity index is 0.00000162. The highest BCUT2D eigenvalue weighted by molar-refractivity contribution is 5.88. The van der Waals surface area contributed by atoms with Crippen molar-refractivity contribution in [3.8, 4) is 11.8 Å². The zero-order chi connectivity index (χ0) is 12.3. The maximum Gasteiger partial charge on any atom is 0.124 e. The molecular weight excluding hydrogens is 248 g/mol. The van der Waals surface area contributed by atoms with Crippen molar-refractivity contribution in [1.82, 2.24) is 0 Å². The Kier molecular flexibility index (Phi) is 4.96. The number of rotatable bonds is 3. The van der Waals surface area contributed by atoms with Crippen LogP contribution in [-0.2, 0) is 0 Å². The third-order valence-corrected chi connectivity index (χ3v) is 2.83. The molecule has 0 spiro atoms. The highest BCUT2D eigenvalue weighted by Gasteiger charge is 2.15. The number of fused-ring (bicyclic) bond motifs is 1. The van der Waals surface area contributed by atoms with Crippen molar-refractivity contribution in [1.29, 1.82) is 5.26 Å². The van der Waals surface area contributed by atoms with Crippen LogP contribution in [0.2, 0.25) is 0 Å². The van der Waals surface area contributed by atoms with E-state index in [0.29, 0.717) is 0 Å². The average molecular weight is 263 g/mol. The maximum absolute atomic E-state index is 8.76. The van der Waals surface area contributed by atoms with Gasteiger partial charge in [-0.2, -0.15) is 5.26 Å². The van der Waals surface area contributed by atoms with Crippen LogP contribution in [0.15, 0.2) is 36.4 Å². The average Bonchev–Trinajstić information content (AvgIpc) is 2.37. The number of hydrogen-bond acceptors (Lipinski definition) is 3. The molecule has 0 radical (unpaired) electrons. The van der Waals surface area contributed by atoms with E-state index < -0.39 is 0 Å². The number of nitrogens with two attached hydrogens (primary N) is 1. The minimum absolute atomic E-state index is 0. The van der Waals surface area contributed by atoms with Gasteiger partial charge in [0.15, 0.2) is 0 Å². The molecule has 2 aromatic rings. The number of nitrogens with zero attached hydrogens (tertiary/aromatic N) is 1. The van der Waals surface area contributed by atoms with E-state index in [2.05, 4.69) is 6.07 Å². The summed E-state index contributed by atoms with van der Waals surface area (Å²) in [5, 5.41) is 10.9. The first-order valence-corrected chi connectivity index (χ1v) is 5.46. The van der Waals surface area contributed by atoms with Gasteiger partial charge in [-0.3, -0.25) is 0 Å². The Labute approximate surface area is 113 Å². The fourth-order valence-corrected chi connectivity index (χ4v) is 2.04. The highest BCUT2D eigenvalue weighted by atomic mass is 35.5. The molecule has 0 saturated heterocycles. The van der Waals surface area contributed by atoms with E-state index in [9.17, 15) is 0 Å². The lowest BCUT2D eigenvalue weighted by Crippen LogP contribution is -2.11. The molecule has 0 aliphatic heterocycles. The number of hydrogen-bond donors (Lipinski definition) is 1. The summed E-state index contributed by atoms with van der Waals surface area (Å²) in [7, 11) is 1.62. The van der Waals surface area contributed by atoms with Crippen molar-refractivity contribution < 1.29 is 4.74 Å². The van der Waals surface area contributed by atoms with Gasteiger partial charge in [-0.05, 0) is 16.8 Å². The van der Waals surface area contributed by atoms with Crippen LogP contribution in [0.1, 0.15) is 18.0 Å². The van der Waals surface area contributed by atoms with Gasteiger partial charge in [-0.15, -0.1) is 12.4 Å². The number of halogens is 1. The van der Waals surface area contributed by atoms with Crippen LogP contribution in [0, 0.1) is 11.3 Å². The van der Waals surface area contributed by atoms with Crippen molar-refractivity contribution in [2.45, 2.75) is 12.5 Å². The van der Waals surface area contributed by atoms with E-state index in [0.717, 1.165) is 22.1 Å². The number of nitriles is 1. The predicted molar refractivity (Wildman–Crippen MR) is 74.9 cm³/mol. The van der Waals surface area contributed by atoms with Gasteiger partial charge in [0.05, 0.1) is 19.6 Å². The molecule has 0 heterocycles. The van der Waals surface area contributed by atoms with Crippen molar-refractivity contribution >= 4 is 23.2 Å². The van der Waals surface area contributed by atoms with Gasteiger partial charge in [0.25, 0.3) is 0 Å². The van der Waals surface area contributed by atoms with Crippen molar-refractivity contribution in [3.63, 3.8) is 0 Å². The Morgan fingerprint density at radius 3 is 2.67 bits per heavy atom. The third-order valence-electron chi connectivity index (χ3n) is 2.83. The monoisotopic (exact) mass is 262 g/mol. The largest absolute Gasteiger partial charge is 0.496 e. The lowest BCUT2D eigenvalue weighted by Gasteiger charge is -2.16. The van der Waals surface area contributed by atoms with Crippen molar-refractivity contribution in [2.75, 3.05) is 7.11 Å². The summed E-state index contributed by atoms with van der Waals surface area (Å²) in [6.45, 7) is 0. The first kappa shape index (κ1) is 14.3. The number of benzene rings is 2. The van der Waals surface area contributed by atoms with E-state index >= 15 is 0 Å². The van der Waals surface area contributed by atoms with E-state index in [4.69, 9.17) is 15.7 Å². The predicted octanol–water partition coefficient (Wildman–Crippen LogP) is 3.18. The molecule has 2 aromatic carbocycles. The summed E-state index contributed by atoms with van der Waals surface area (Å²) in [5.41, 5.74) is 6.95. The van der Waals surface area contributed by atoms with E-state index in [-0.39, 0.29) is 24.9 Å². The molecule has 0 fully saturated rings. The van der Waals surface area contributed by atoms with E-state index in [1.807, 2.05) is 36.4 Å². The fourth-order valence-electron chi connectivity index (χ4n) is 2.04. The zero-order valence-electron chi connectivity index (χ0n) is 10.1. The van der Waals surface area contributed by atoms with Crippen LogP contribution < -0.4 is 10.5 Å². The molecule has 2 N–H and O–H groups in total. The Morgan fingerprint density at radius 1 is 1.28 bits per heavy atom. The molecule has 0 unspecified atom stereocenters. The molecule has 0 aromatic heterocycles. The topological polar surface area (TPSA) is 59.0 Å². The van der Waals surface area contributed by atoms with Gasteiger partial charge in [0.1, 0.15) is 5.75 Å². The molecule has 0 aliphatic carbocycles. The third kappa shape index (κ3) is 2.56. The lowest BCUT2D eigenvalue weighted by atomic mass is 9.96. The van der Waals surface area contributed by atoms with E-state index in [1.165, 1.54) is 0 Å². The molecule has 0 bridgehead atoms. The summed E-state index contributed by atoms with van der Waals surface area (Å²) >= 11 is 0.